The summed E-state index contributed by atoms with van der Waals surface area (Å²) in [6, 6.07) is 5.58. The number of aromatic nitrogens is 4. The van der Waals surface area contributed by atoms with E-state index in [4.69, 9.17) is 0 Å². The zero-order valence-corrected chi connectivity index (χ0v) is 11.1. The molecule has 3 aromatic rings. The molecule has 2 N–H and O–H groups in total. The van der Waals surface area contributed by atoms with Gasteiger partial charge in [0, 0.05) is 23.0 Å². The Labute approximate surface area is 115 Å². The Kier molecular flexibility index (Phi) is 2.90. The first kappa shape index (κ1) is 12.3. The van der Waals surface area contributed by atoms with Gasteiger partial charge >= 0.3 is 0 Å². The summed E-state index contributed by atoms with van der Waals surface area (Å²) in [5.74, 6) is -0.288. The highest BCUT2D eigenvalue weighted by Gasteiger charge is 2.09. The van der Waals surface area contributed by atoms with Gasteiger partial charge < -0.3 is 5.32 Å². The standard InChI is InChI=1S/C14H13N5O/c1-8-6-16-13(7-15-8)14(20)17-10-3-4-11-9(2)18-19-12(11)5-10/h3-7H,1-2H3,(H,17,20)(H,18,19). The van der Waals surface area contributed by atoms with Crippen molar-refractivity contribution >= 4 is 22.5 Å². The molecule has 0 atom stereocenters. The van der Waals surface area contributed by atoms with Crippen LogP contribution < -0.4 is 5.32 Å². The molecule has 3 rings (SSSR count). The predicted octanol–water partition coefficient (Wildman–Crippen LogP) is 2.22. The molecule has 6 nitrogen and oxygen atoms in total. The SMILES string of the molecule is Cc1cnc(C(=O)Nc2ccc3c(C)[nH]nc3c2)cn1. The molecule has 0 fully saturated rings. The van der Waals surface area contributed by atoms with Gasteiger partial charge in [0.25, 0.3) is 5.91 Å². The van der Waals surface area contributed by atoms with Crippen LogP contribution in [0.5, 0.6) is 0 Å². The van der Waals surface area contributed by atoms with E-state index in [1.165, 1.54) is 6.20 Å². The topological polar surface area (TPSA) is 83.6 Å². The van der Waals surface area contributed by atoms with E-state index in [0.717, 1.165) is 22.3 Å². The summed E-state index contributed by atoms with van der Waals surface area (Å²) in [4.78, 5) is 20.1. The van der Waals surface area contributed by atoms with E-state index in [2.05, 4.69) is 25.5 Å². The van der Waals surface area contributed by atoms with Crippen LogP contribution in [0.4, 0.5) is 5.69 Å². The lowest BCUT2D eigenvalue weighted by Crippen LogP contribution is -2.14. The lowest BCUT2D eigenvalue weighted by Gasteiger charge is -2.04. The van der Waals surface area contributed by atoms with E-state index in [9.17, 15) is 4.79 Å². The first-order valence-electron chi connectivity index (χ1n) is 6.18. The zero-order valence-electron chi connectivity index (χ0n) is 11.1. The van der Waals surface area contributed by atoms with E-state index >= 15 is 0 Å². The van der Waals surface area contributed by atoms with Crippen molar-refractivity contribution in [2.75, 3.05) is 5.32 Å². The van der Waals surface area contributed by atoms with Crippen LogP contribution in [0.2, 0.25) is 0 Å². The quantitative estimate of drug-likeness (QED) is 0.745. The molecule has 1 aromatic carbocycles. The van der Waals surface area contributed by atoms with E-state index in [0.29, 0.717) is 5.69 Å². The number of H-pyrrole nitrogens is 1. The average molecular weight is 267 g/mol. The zero-order chi connectivity index (χ0) is 14.1. The molecule has 100 valence electrons. The van der Waals surface area contributed by atoms with Crippen LogP contribution in [-0.2, 0) is 0 Å². The van der Waals surface area contributed by atoms with E-state index < -0.39 is 0 Å². The molecule has 20 heavy (non-hydrogen) atoms. The Hall–Kier alpha value is -2.76. The lowest BCUT2D eigenvalue weighted by atomic mass is 10.2. The minimum Gasteiger partial charge on any atom is -0.321 e. The number of anilines is 1. The molecule has 0 aliphatic carbocycles. The van der Waals surface area contributed by atoms with Crippen LogP contribution in [0.3, 0.4) is 0 Å². The maximum atomic E-state index is 12.0. The fraction of sp³-hybridized carbons (Fsp3) is 0.143. The second kappa shape index (κ2) is 4.73. The van der Waals surface area contributed by atoms with Gasteiger partial charge in [-0.25, -0.2) is 4.98 Å². The molecule has 0 unspecified atom stereocenters. The van der Waals surface area contributed by atoms with Gasteiger partial charge in [0.15, 0.2) is 0 Å². The van der Waals surface area contributed by atoms with Gasteiger partial charge in [0.2, 0.25) is 0 Å². The molecular formula is C14H13N5O. The Morgan fingerprint density at radius 1 is 1.20 bits per heavy atom. The second-order valence-electron chi connectivity index (χ2n) is 4.58. The Bertz CT molecular complexity index is 776. The highest BCUT2D eigenvalue weighted by molar-refractivity contribution is 6.03. The van der Waals surface area contributed by atoms with Gasteiger partial charge in [-0.2, -0.15) is 5.10 Å². The minimum atomic E-state index is -0.288. The number of fused-ring (bicyclic) bond motifs is 1. The van der Waals surface area contributed by atoms with Crippen LogP contribution in [0, 0.1) is 13.8 Å². The Morgan fingerprint density at radius 3 is 2.80 bits per heavy atom. The number of aromatic amines is 1. The third kappa shape index (κ3) is 2.23. The summed E-state index contributed by atoms with van der Waals surface area (Å²) in [7, 11) is 0. The van der Waals surface area contributed by atoms with Crippen LogP contribution in [0.1, 0.15) is 21.9 Å². The summed E-state index contributed by atoms with van der Waals surface area (Å²) in [6.07, 6.45) is 3.02. The first-order valence-corrected chi connectivity index (χ1v) is 6.18. The molecule has 0 spiro atoms. The molecule has 1 amide bonds. The van der Waals surface area contributed by atoms with Gasteiger partial charge in [0.1, 0.15) is 5.69 Å². The number of hydrogen-bond donors (Lipinski definition) is 2. The van der Waals surface area contributed by atoms with Crippen LogP contribution >= 0.6 is 0 Å². The smallest absolute Gasteiger partial charge is 0.275 e. The normalized spacial score (nSPS) is 10.7. The molecule has 2 heterocycles. The van der Waals surface area contributed by atoms with Crippen molar-refractivity contribution in [3.63, 3.8) is 0 Å². The number of carbonyl (C=O) groups is 1. The van der Waals surface area contributed by atoms with E-state index in [1.54, 1.807) is 6.20 Å². The Morgan fingerprint density at radius 2 is 2.05 bits per heavy atom. The summed E-state index contributed by atoms with van der Waals surface area (Å²) >= 11 is 0. The Balaban J connectivity index is 1.85. The van der Waals surface area contributed by atoms with Crippen molar-refractivity contribution in [2.45, 2.75) is 13.8 Å². The summed E-state index contributed by atoms with van der Waals surface area (Å²) < 4.78 is 0. The number of carbonyl (C=O) groups excluding carboxylic acids is 1. The lowest BCUT2D eigenvalue weighted by molar-refractivity contribution is 0.102. The fourth-order valence-electron chi connectivity index (χ4n) is 1.93. The number of hydrogen-bond acceptors (Lipinski definition) is 4. The highest BCUT2D eigenvalue weighted by Crippen LogP contribution is 2.19. The van der Waals surface area contributed by atoms with Crippen molar-refractivity contribution in [2.24, 2.45) is 0 Å². The maximum Gasteiger partial charge on any atom is 0.275 e. The molecule has 0 radical (unpaired) electrons. The van der Waals surface area contributed by atoms with E-state index in [1.807, 2.05) is 32.0 Å². The number of nitrogens with one attached hydrogen (secondary N) is 2. The van der Waals surface area contributed by atoms with Gasteiger partial charge in [-0.1, -0.05) is 0 Å². The molecule has 0 saturated heterocycles. The number of aryl methyl sites for hydroxylation is 2. The molecular weight excluding hydrogens is 254 g/mol. The average Bonchev–Trinajstić information content (AvgIpc) is 2.81. The van der Waals surface area contributed by atoms with Gasteiger partial charge in [-0.05, 0) is 32.0 Å². The van der Waals surface area contributed by atoms with Gasteiger partial charge in [-0.15, -0.1) is 0 Å². The van der Waals surface area contributed by atoms with Crippen molar-refractivity contribution in [1.82, 2.24) is 20.2 Å². The predicted molar refractivity (Wildman–Crippen MR) is 75.6 cm³/mol. The summed E-state index contributed by atoms with van der Waals surface area (Å²) in [6.45, 7) is 3.78. The molecule has 0 bridgehead atoms. The maximum absolute atomic E-state index is 12.0. The third-order valence-electron chi connectivity index (χ3n) is 3.02. The number of nitrogens with zero attached hydrogens (tertiary/aromatic N) is 3. The van der Waals surface area contributed by atoms with Crippen molar-refractivity contribution in [3.05, 3.63) is 47.7 Å². The summed E-state index contributed by atoms with van der Waals surface area (Å²) in [5, 5.41) is 10.9. The van der Waals surface area contributed by atoms with E-state index in [-0.39, 0.29) is 11.6 Å². The fourth-order valence-corrected chi connectivity index (χ4v) is 1.93. The van der Waals surface area contributed by atoms with Crippen molar-refractivity contribution in [3.8, 4) is 0 Å². The van der Waals surface area contributed by atoms with Crippen LogP contribution in [0.25, 0.3) is 10.9 Å². The first-order chi connectivity index (χ1) is 9.63. The van der Waals surface area contributed by atoms with Crippen molar-refractivity contribution < 1.29 is 4.79 Å². The highest BCUT2D eigenvalue weighted by atomic mass is 16.1. The van der Waals surface area contributed by atoms with Crippen molar-refractivity contribution in [1.29, 1.82) is 0 Å². The largest absolute Gasteiger partial charge is 0.321 e. The molecule has 0 aliphatic rings. The minimum absolute atomic E-state index is 0.286. The molecule has 0 aliphatic heterocycles. The van der Waals surface area contributed by atoms with Crippen LogP contribution in [-0.4, -0.2) is 26.1 Å². The number of rotatable bonds is 2. The monoisotopic (exact) mass is 267 g/mol. The second-order valence-corrected chi connectivity index (χ2v) is 4.58. The molecule has 6 heteroatoms. The molecule has 2 aromatic heterocycles. The third-order valence-corrected chi connectivity index (χ3v) is 3.02. The molecule has 0 saturated carbocycles. The van der Waals surface area contributed by atoms with Gasteiger partial charge in [0.05, 0.1) is 17.4 Å². The summed E-state index contributed by atoms with van der Waals surface area (Å²) in [5.41, 5.74) is 3.55. The number of amides is 1. The van der Waals surface area contributed by atoms with Gasteiger partial charge in [-0.3, -0.25) is 14.9 Å². The number of benzene rings is 1. The van der Waals surface area contributed by atoms with Crippen LogP contribution in [0.15, 0.2) is 30.6 Å².